The monoisotopic (exact) mass is 285 g/mol. The lowest BCUT2D eigenvalue weighted by atomic mass is 9.94. The molecule has 1 aliphatic heterocycles. The highest BCUT2D eigenvalue weighted by Gasteiger charge is 2.33. The number of nitrogens with zero attached hydrogens (tertiary/aromatic N) is 4. The summed E-state index contributed by atoms with van der Waals surface area (Å²) in [5.41, 5.74) is 1.74. The smallest absolute Gasteiger partial charge is 0.271 e. The van der Waals surface area contributed by atoms with E-state index in [0.29, 0.717) is 11.6 Å². The minimum atomic E-state index is -0.122. The predicted molar refractivity (Wildman–Crippen MR) is 78.9 cm³/mol. The van der Waals surface area contributed by atoms with Crippen LogP contribution in [0.1, 0.15) is 22.0 Å². The zero-order chi connectivity index (χ0) is 14.8. The van der Waals surface area contributed by atoms with Crippen molar-refractivity contribution in [1.29, 1.82) is 0 Å². The zero-order valence-electron chi connectivity index (χ0n) is 12.2. The Balaban J connectivity index is 1.77. The van der Waals surface area contributed by atoms with E-state index in [-0.39, 0.29) is 11.9 Å². The van der Waals surface area contributed by atoms with Gasteiger partial charge in [0.05, 0.1) is 6.20 Å². The van der Waals surface area contributed by atoms with Crippen LogP contribution in [0, 0.1) is 0 Å². The SMILES string of the molecule is CN1C[C@H](c2ccccc2)[C@H](NC(=O)c2cnnn2C)C1. The van der Waals surface area contributed by atoms with Crippen molar-refractivity contribution in [2.45, 2.75) is 12.0 Å². The lowest BCUT2D eigenvalue weighted by molar-refractivity contribution is 0.0926. The zero-order valence-corrected chi connectivity index (χ0v) is 12.2. The molecule has 2 heterocycles. The summed E-state index contributed by atoms with van der Waals surface area (Å²) >= 11 is 0. The maximum atomic E-state index is 12.3. The van der Waals surface area contributed by atoms with Crippen LogP contribution >= 0.6 is 0 Å². The molecule has 2 atom stereocenters. The summed E-state index contributed by atoms with van der Waals surface area (Å²) in [5.74, 6) is 0.185. The van der Waals surface area contributed by atoms with Crippen LogP contribution in [0.3, 0.4) is 0 Å². The third-order valence-electron chi connectivity index (χ3n) is 3.99. The summed E-state index contributed by atoms with van der Waals surface area (Å²) in [6.07, 6.45) is 1.49. The number of carbonyl (C=O) groups is 1. The first-order valence-corrected chi connectivity index (χ1v) is 7.04. The first-order valence-electron chi connectivity index (χ1n) is 7.04. The number of benzene rings is 1. The van der Waals surface area contributed by atoms with Crippen molar-refractivity contribution >= 4 is 5.91 Å². The molecule has 0 spiro atoms. The van der Waals surface area contributed by atoms with E-state index in [0.717, 1.165) is 13.1 Å². The molecular weight excluding hydrogens is 266 g/mol. The van der Waals surface area contributed by atoms with Gasteiger partial charge in [-0.3, -0.25) is 4.79 Å². The molecule has 110 valence electrons. The number of hydrogen-bond acceptors (Lipinski definition) is 4. The van der Waals surface area contributed by atoms with Crippen molar-refractivity contribution in [2.24, 2.45) is 7.05 Å². The molecule has 0 unspecified atom stereocenters. The van der Waals surface area contributed by atoms with Crippen LogP contribution in [-0.2, 0) is 7.05 Å². The highest BCUT2D eigenvalue weighted by atomic mass is 16.2. The number of rotatable bonds is 3. The largest absolute Gasteiger partial charge is 0.346 e. The number of likely N-dealkylation sites (N-methyl/N-ethyl adjacent to an activating group) is 1. The van der Waals surface area contributed by atoms with Crippen molar-refractivity contribution in [1.82, 2.24) is 25.2 Å². The van der Waals surface area contributed by atoms with Gasteiger partial charge in [-0.1, -0.05) is 35.5 Å². The Morgan fingerprint density at radius 3 is 2.67 bits per heavy atom. The van der Waals surface area contributed by atoms with Gasteiger partial charge in [0.25, 0.3) is 5.91 Å². The van der Waals surface area contributed by atoms with Gasteiger partial charge in [-0.15, -0.1) is 5.10 Å². The van der Waals surface area contributed by atoms with Crippen LogP contribution in [0.15, 0.2) is 36.5 Å². The summed E-state index contributed by atoms with van der Waals surface area (Å²) < 4.78 is 1.49. The minimum absolute atomic E-state index is 0.0970. The number of nitrogens with one attached hydrogen (secondary N) is 1. The summed E-state index contributed by atoms with van der Waals surface area (Å²) in [6, 6.07) is 10.4. The van der Waals surface area contributed by atoms with Gasteiger partial charge in [-0.2, -0.15) is 0 Å². The normalized spacial score (nSPS) is 22.4. The van der Waals surface area contributed by atoms with Gasteiger partial charge in [0.2, 0.25) is 0 Å². The number of aryl methyl sites for hydroxylation is 1. The molecule has 1 N–H and O–H groups in total. The second-order valence-electron chi connectivity index (χ2n) is 5.56. The van der Waals surface area contributed by atoms with Gasteiger partial charge in [0.15, 0.2) is 0 Å². The third kappa shape index (κ3) is 2.80. The molecule has 6 nitrogen and oxygen atoms in total. The molecule has 21 heavy (non-hydrogen) atoms. The Hall–Kier alpha value is -2.21. The minimum Gasteiger partial charge on any atom is -0.346 e. The standard InChI is InChI=1S/C15H19N5O/c1-19-9-12(11-6-4-3-5-7-11)13(10-19)17-15(21)14-8-16-18-20(14)2/h3-8,12-13H,9-10H2,1-2H3,(H,17,21)/t12-,13-/m1/s1. The average molecular weight is 285 g/mol. The Bertz CT molecular complexity index is 624. The highest BCUT2D eigenvalue weighted by molar-refractivity contribution is 5.92. The van der Waals surface area contributed by atoms with E-state index in [1.807, 2.05) is 18.2 Å². The van der Waals surface area contributed by atoms with Crippen LogP contribution in [0.4, 0.5) is 0 Å². The van der Waals surface area contributed by atoms with Gasteiger partial charge in [-0.05, 0) is 12.6 Å². The van der Waals surface area contributed by atoms with Gasteiger partial charge in [0.1, 0.15) is 5.69 Å². The van der Waals surface area contributed by atoms with Crippen LogP contribution in [0.25, 0.3) is 0 Å². The molecule has 1 aromatic heterocycles. The van der Waals surface area contributed by atoms with Crippen LogP contribution in [0.2, 0.25) is 0 Å². The summed E-state index contributed by atoms with van der Waals surface area (Å²) in [4.78, 5) is 14.6. The first-order chi connectivity index (χ1) is 10.1. The van der Waals surface area contributed by atoms with E-state index >= 15 is 0 Å². The second-order valence-corrected chi connectivity index (χ2v) is 5.56. The van der Waals surface area contributed by atoms with Crippen LogP contribution in [0.5, 0.6) is 0 Å². The number of hydrogen-bond donors (Lipinski definition) is 1. The Labute approximate surface area is 123 Å². The molecular formula is C15H19N5O. The maximum Gasteiger partial charge on any atom is 0.271 e. The number of carbonyl (C=O) groups excluding carboxylic acids is 1. The first kappa shape index (κ1) is 13.8. The second kappa shape index (κ2) is 5.65. The van der Waals surface area contributed by atoms with Crippen molar-refractivity contribution in [2.75, 3.05) is 20.1 Å². The summed E-state index contributed by atoms with van der Waals surface area (Å²) in [6.45, 7) is 1.79. The molecule has 1 saturated heterocycles. The fraction of sp³-hybridized carbons (Fsp3) is 0.400. The van der Waals surface area contributed by atoms with E-state index in [2.05, 4.69) is 39.7 Å². The molecule has 1 amide bonds. The molecule has 6 heteroatoms. The topological polar surface area (TPSA) is 63.1 Å². The lowest BCUT2D eigenvalue weighted by Gasteiger charge is -2.20. The predicted octanol–water partition coefficient (Wildman–Crippen LogP) is 0.643. The van der Waals surface area contributed by atoms with Crippen LogP contribution < -0.4 is 5.32 Å². The molecule has 0 saturated carbocycles. The van der Waals surface area contributed by atoms with E-state index in [9.17, 15) is 4.79 Å². The Morgan fingerprint density at radius 2 is 2.00 bits per heavy atom. The van der Waals surface area contributed by atoms with Crippen molar-refractivity contribution in [3.05, 3.63) is 47.8 Å². The quantitative estimate of drug-likeness (QED) is 0.899. The number of amides is 1. The molecule has 3 rings (SSSR count). The highest BCUT2D eigenvalue weighted by Crippen LogP contribution is 2.26. The average Bonchev–Trinajstić information content (AvgIpc) is 3.06. The van der Waals surface area contributed by atoms with Gasteiger partial charge in [0, 0.05) is 32.1 Å². The fourth-order valence-corrected chi connectivity index (χ4v) is 2.92. The van der Waals surface area contributed by atoms with Crippen molar-refractivity contribution < 1.29 is 4.79 Å². The van der Waals surface area contributed by atoms with E-state index in [1.54, 1.807) is 7.05 Å². The molecule has 0 aliphatic carbocycles. The van der Waals surface area contributed by atoms with E-state index < -0.39 is 0 Å². The maximum absolute atomic E-state index is 12.3. The Morgan fingerprint density at radius 1 is 1.24 bits per heavy atom. The van der Waals surface area contributed by atoms with E-state index in [4.69, 9.17) is 0 Å². The van der Waals surface area contributed by atoms with Crippen LogP contribution in [-0.4, -0.2) is 52.0 Å². The molecule has 1 aliphatic rings. The van der Waals surface area contributed by atoms with Crippen molar-refractivity contribution in [3.63, 3.8) is 0 Å². The third-order valence-corrected chi connectivity index (χ3v) is 3.99. The lowest BCUT2D eigenvalue weighted by Crippen LogP contribution is -2.40. The fourth-order valence-electron chi connectivity index (χ4n) is 2.92. The molecule has 0 bridgehead atoms. The molecule has 1 fully saturated rings. The number of likely N-dealkylation sites (tertiary alicyclic amines) is 1. The molecule has 2 aromatic rings. The molecule has 0 radical (unpaired) electrons. The van der Waals surface area contributed by atoms with Gasteiger partial charge < -0.3 is 10.2 Å². The Kier molecular flexibility index (Phi) is 3.70. The summed E-state index contributed by atoms with van der Waals surface area (Å²) in [7, 11) is 3.80. The van der Waals surface area contributed by atoms with Gasteiger partial charge in [-0.25, -0.2) is 4.68 Å². The number of aromatic nitrogens is 3. The molecule has 1 aromatic carbocycles. The van der Waals surface area contributed by atoms with Crippen molar-refractivity contribution in [3.8, 4) is 0 Å². The van der Waals surface area contributed by atoms with E-state index in [1.165, 1.54) is 16.4 Å². The summed E-state index contributed by atoms with van der Waals surface area (Å²) in [5, 5.41) is 10.7. The van der Waals surface area contributed by atoms with Gasteiger partial charge >= 0.3 is 0 Å².